The molecule has 0 unspecified atom stereocenters. The van der Waals surface area contributed by atoms with Crippen molar-refractivity contribution in [2.75, 3.05) is 19.6 Å². The summed E-state index contributed by atoms with van der Waals surface area (Å²) in [5.41, 5.74) is 1.79. The molecule has 0 atom stereocenters. The smallest absolute Gasteiger partial charge is 0.0339 e. The third-order valence-electron chi connectivity index (χ3n) is 4.20. The van der Waals surface area contributed by atoms with Crippen molar-refractivity contribution in [3.63, 3.8) is 0 Å². The van der Waals surface area contributed by atoms with Gasteiger partial charge in [0.05, 0.1) is 0 Å². The summed E-state index contributed by atoms with van der Waals surface area (Å²) in [4.78, 5) is 2.63. The van der Waals surface area contributed by atoms with E-state index in [1.54, 1.807) is 0 Å². The van der Waals surface area contributed by atoms with E-state index in [9.17, 15) is 0 Å². The van der Waals surface area contributed by atoms with Crippen LogP contribution in [-0.4, -0.2) is 30.2 Å². The van der Waals surface area contributed by atoms with Crippen molar-refractivity contribution < 1.29 is 0 Å². The van der Waals surface area contributed by atoms with Crippen LogP contribution in [0.4, 0.5) is 0 Å². The first-order chi connectivity index (χ1) is 9.24. The normalized spacial score (nSPS) is 16.5. The van der Waals surface area contributed by atoms with E-state index >= 15 is 0 Å². The molecule has 2 heteroatoms. The van der Waals surface area contributed by atoms with E-state index in [1.165, 1.54) is 71.0 Å². The average Bonchev–Trinajstić information content (AvgIpc) is 2.46. The van der Waals surface area contributed by atoms with Gasteiger partial charge in [0.1, 0.15) is 0 Å². The van der Waals surface area contributed by atoms with Gasteiger partial charge in [0.15, 0.2) is 0 Å². The Labute approximate surface area is 119 Å². The highest BCUT2D eigenvalue weighted by Crippen LogP contribution is 2.12. The second-order valence-corrected chi connectivity index (χ2v) is 5.86. The van der Waals surface area contributed by atoms with Crippen molar-refractivity contribution >= 4 is 5.71 Å². The molecule has 1 fully saturated rings. The van der Waals surface area contributed by atoms with E-state index in [1.807, 2.05) is 0 Å². The first-order valence-corrected chi connectivity index (χ1v) is 8.22. The number of allylic oxidation sites excluding steroid dienone is 1. The van der Waals surface area contributed by atoms with Gasteiger partial charge < -0.3 is 10.3 Å². The molecule has 1 saturated heterocycles. The third-order valence-corrected chi connectivity index (χ3v) is 4.20. The maximum Gasteiger partial charge on any atom is 0.0339 e. The van der Waals surface area contributed by atoms with Gasteiger partial charge in [-0.25, -0.2) is 0 Å². The van der Waals surface area contributed by atoms with Crippen LogP contribution in [-0.2, 0) is 0 Å². The fraction of sp³-hybridized carbons (Fsp3) is 0.824. The number of hydrogen-bond donors (Lipinski definition) is 1. The lowest BCUT2D eigenvalue weighted by Crippen LogP contribution is -2.30. The van der Waals surface area contributed by atoms with Crippen molar-refractivity contribution in [3.8, 4) is 0 Å². The number of hydrogen-bond acceptors (Lipinski definition) is 2. The van der Waals surface area contributed by atoms with E-state index in [0.717, 1.165) is 24.1 Å². The maximum atomic E-state index is 7.84. The van der Waals surface area contributed by atoms with Crippen LogP contribution in [0.2, 0.25) is 0 Å². The Morgan fingerprint density at radius 1 is 1.00 bits per heavy atom. The van der Waals surface area contributed by atoms with Gasteiger partial charge in [-0.3, -0.25) is 0 Å². The van der Waals surface area contributed by atoms with E-state index in [2.05, 4.69) is 18.4 Å². The van der Waals surface area contributed by atoms with Crippen LogP contribution in [0.3, 0.4) is 0 Å². The molecule has 1 rings (SSSR count). The second kappa shape index (κ2) is 10.2. The van der Waals surface area contributed by atoms with Gasteiger partial charge >= 0.3 is 0 Å². The average molecular weight is 264 g/mol. The molecule has 0 aromatic rings. The molecule has 110 valence electrons. The fourth-order valence-electron chi connectivity index (χ4n) is 2.74. The molecule has 0 radical (unpaired) electrons. The van der Waals surface area contributed by atoms with Crippen LogP contribution in [0.25, 0.3) is 0 Å². The molecule has 0 bridgehead atoms. The fourth-order valence-corrected chi connectivity index (χ4v) is 2.74. The zero-order chi connectivity index (χ0) is 13.9. The summed E-state index contributed by atoms with van der Waals surface area (Å²) in [5.74, 6) is 0. The van der Waals surface area contributed by atoms with Gasteiger partial charge in [-0.2, -0.15) is 0 Å². The summed E-state index contributed by atoms with van der Waals surface area (Å²) < 4.78 is 0. The van der Waals surface area contributed by atoms with Crippen LogP contribution in [0, 0.1) is 5.41 Å². The van der Waals surface area contributed by atoms with Crippen LogP contribution in [0.1, 0.15) is 71.1 Å². The molecule has 0 aromatic carbocycles. The third kappa shape index (κ3) is 7.51. The van der Waals surface area contributed by atoms with E-state index < -0.39 is 0 Å². The topological polar surface area (TPSA) is 27.1 Å². The first-order valence-electron chi connectivity index (χ1n) is 8.22. The Balaban J connectivity index is 1.88. The van der Waals surface area contributed by atoms with Gasteiger partial charge in [-0.05, 0) is 63.7 Å². The van der Waals surface area contributed by atoms with Gasteiger partial charge in [0.25, 0.3) is 0 Å². The van der Waals surface area contributed by atoms with Gasteiger partial charge in [-0.15, -0.1) is 0 Å². The quantitative estimate of drug-likeness (QED) is 0.445. The van der Waals surface area contributed by atoms with Gasteiger partial charge in [-0.1, -0.05) is 39.2 Å². The predicted molar refractivity (Wildman–Crippen MR) is 85.2 cm³/mol. The number of likely N-dealkylation sites (tertiary alicyclic amines) is 1. The monoisotopic (exact) mass is 264 g/mol. The van der Waals surface area contributed by atoms with Crippen molar-refractivity contribution in [3.05, 3.63) is 12.2 Å². The van der Waals surface area contributed by atoms with E-state index in [-0.39, 0.29) is 0 Å². The van der Waals surface area contributed by atoms with Crippen molar-refractivity contribution in [2.24, 2.45) is 0 Å². The Kier molecular flexibility index (Phi) is 8.81. The molecule has 1 aliphatic heterocycles. The summed E-state index contributed by atoms with van der Waals surface area (Å²) in [6.07, 6.45) is 12.6. The molecule has 0 amide bonds. The van der Waals surface area contributed by atoms with Crippen molar-refractivity contribution in [1.82, 2.24) is 4.90 Å². The number of nitrogens with one attached hydrogen (secondary N) is 1. The van der Waals surface area contributed by atoms with E-state index in [4.69, 9.17) is 5.41 Å². The minimum Gasteiger partial charge on any atom is -0.305 e. The zero-order valence-corrected chi connectivity index (χ0v) is 12.8. The number of nitrogens with zero attached hydrogens (tertiary/aromatic N) is 1. The molecule has 19 heavy (non-hydrogen) atoms. The standard InChI is InChI=1S/C17H32N2/c1-3-16(2)17(18)12-8-5-4-6-9-13-19-14-10-7-11-15-19/h18H,2-15H2,1H3. The van der Waals surface area contributed by atoms with Crippen LogP contribution in [0.15, 0.2) is 12.2 Å². The maximum absolute atomic E-state index is 7.84. The molecule has 0 aromatic heterocycles. The highest BCUT2D eigenvalue weighted by Gasteiger charge is 2.08. The largest absolute Gasteiger partial charge is 0.305 e. The van der Waals surface area contributed by atoms with Crippen LogP contribution in [0.5, 0.6) is 0 Å². The van der Waals surface area contributed by atoms with Crippen LogP contribution < -0.4 is 0 Å². The molecule has 1 heterocycles. The Morgan fingerprint density at radius 3 is 2.32 bits per heavy atom. The first kappa shape index (κ1) is 16.4. The minimum absolute atomic E-state index is 0.774. The number of unbranched alkanes of at least 4 members (excludes halogenated alkanes) is 4. The molecule has 0 saturated carbocycles. The number of rotatable bonds is 10. The summed E-state index contributed by atoms with van der Waals surface area (Å²) >= 11 is 0. The lowest BCUT2D eigenvalue weighted by Gasteiger charge is -2.26. The summed E-state index contributed by atoms with van der Waals surface area (Å²) in [5, 5.41) is 7.84. The predicted octanol–water partition coefficient (Wildman–Crippen LogP) is 4.80. The summed E-state index contributed by atoms with van der Waals surface area (Å²) in [6, 6.07) is 0. The minimum atomic E-state index is 0.774. The lowest BCUT2D eigenvalue weighted by atomic mass is 10.0. The molecular formula is C17H32N2. The molecule has 0 spiro atoms. The van der Waals surface area contributed by atoms with E-state index in [0.29, 0.717) is 0 Å². The molecule has 1 N–H and O–H groups in total. The summed E-state index contributed by atoms with van der Waals surface area (Å²) in [6.45, 7) is 9.97. The number of piperidine rings is 1. The molecule has 0 aliphatic carbocycles. The van der Waals surface area contributed by atoms with Gasteiger partial charge in [0.2, 0.25) is 0 Å². The second-order valence-electron chi connectivity index (χ2n) is 5.86. The molecule has 2 nitrogen and oxygen atoms in total. The van der Waals surface area contributed by atoms with Gasteiger partial charge in [0, 0.05) is 5.71 Å². The zero-order valence-electron chi connectivity index (χ0n) is 12.8. The highest BCUT2D eigenvalue weighted by molar-refractivity contribution is 5.96. The lowest BCUT2D eigenvalue weighted by molar-refractivity contribution is 0.224. The Bertz CT molecular complexity index is 264. The van der Waals surface area contributed by atoms with Crippen molar-refractivity contribution in [1.29, 1.82) is 5.41 Å². The van der Waals surface area contributed by atoms with Crippen LogP contribution >= 0.6 is 0 Å². The van der Waals surface area contributed by atoms with Crippen molar-refractivity contribution in [2.45, 2.75) is 71.1 Å². The Morgan fingerprint density at radius 2 is 1.63 bits per heavy atom. The molecule has 1 aliphatic rings. The Hall–Kier alpha value is -0.630. The molecular weight excluding hydrogens is 232 g/mol. The highest BCUT2D eigenvalue weighted by atomic mass is 15.1. The summed E-state index contributed by atoms with van der Waals surface area (Å²) in [7, 11) is 0. The SMILES string of the molecule is C=C(CC)C(=N)CCCCCCCN1CCCCC1.